The zero-order valence-electron chi connectivity index (χ0n) is 9.94. The maximum absolute atomic E-state index is 12.2. The van der Waals surface area contributed by atoms with Gasteiger partial charge in [0.1, 0.15) is 5.82 Å². The van der Waals surface area contributed by atoms with Crippen molar-refractivity contribution < 1.29 is 13.5 Å². The lowest BCUT2D eigenvalue weighted by Gasteiger charge is -2.08. The number of nitrogens with zero attached hydrogens (tertiary/aromatic N) is 2. The van der Waals surface area contributed by atoms with Gasteiger partial charge >= 0.3 is 6.61 Å². The molecule has 0 amide bonds. The van der Waals surface area contributed by atoms with Crippen molar-refractivity contribution in [1.82, 2.24) is 15.0 Å². The van der Waals surface area contributed by atoms with E-state index in [0.29, 0.717) is 17.2 Å². The number of halogens is 2. The molecule has 100 valence electrons. The summed E-state index contributed by atoms with van der Waals surface area (Å²) in [6.45, 7) is -2.93. The summed E-state index contributed by atoms with van der Waals surface area (Å²) in [7, 11) is 0. The maximum Gasteiger partial charge on any atom is 0.387 e. The molecule has 3 N–H and O–H groups in total. The maximum atomic E-state index is 12.2. The van der Waals surface area contributed by atoms with Crippen LogP contribution in [0.5, 0.6) is 5.75 Å². The fourth-order valence-electron chi connectivity index (χ4n) is 1.84. The van der Waals surface area contributed by atoms with Gasteiger partial charge in [-0.05, 0) is 18.9 Å². The van der Waals surface area contributed by atoms with Gasteiger partial charge in [-0.25, -0.2) is 9.97 Å². The summed E-state index contributed by atoms with van der Waals surface area (Å²) in [5.41, 5.74) is 6.82. The smallest absolute Gasteiger partial charge is 0.387 e. The van der Waals surface area contributed by atoms with Crippen molar-refractivity contribution in [2.45, 2.75) is 25.4 Å². The summed E-state index contributed by atoms with van der Waals surface area (Å²) < 4.78 is 28.8. The number of hydrogen-bond donors (Lipinski definition) is 2. The molecule has 2 heterocycles. The number of H-pyrrole nitrogens is 1. The first-order valence-electron chi connectivity index (χ1n) is 5.89. The Hall–Kier alpha value is -2.18. The SMILES string of the molecule is Nc1ncc(-c2cnc(C3CC3)[nH]2)cc1OC(F)F. The number of nitrogens with two attached hydrogens (primary N) is 1. The van der Waals surface area contributed by atoms with Crippen LogP contribution in [0.3, 0.4) is 0 Å². The van der Waals surface area contributed by atoms with Crippen molar-refractivity contribution in [2.24, 2.45) is 0 Å². The van der Waals surface area contributed by atoms with E-state index >= 15 is 0 Å². The molecule has 19 heavy (non-hydrogen) atoms. The number of hydrogen-bond acceptors (Lipinski definition) is 4. The first-order valence-corrected chi connectivity index (χ1v) is 5.89. The summed E-state index contributed by atoms with van der Waals surface area (Å²) in [6.07, 6.45) is 5.42. The number of imidazole rings is 1. The zero-order valence-corrected chi connectivity index (χ0v) is 9.94. The van der Waals surface area contributed by atoms with Crippen molar-refractivity contribution >= 4 is 5.82 Å². The molecule has 1 aliphatic rings. The van der Waals surface area contributed by atoms with Crippen molar-refractivity contribution in [1.29, 1.82) is 0 Å². The Balaban J connectivity index is 1.90. The third-order valence-corrected chi connectivity index (χ3v) is 2.97. The first kappa shape index (κ1) is 11.9. The van der Waals surface area contributed by atoms with Crippen molar-refractivity contribution in [3.8, 4) is 17.0 Å². The van der Waals surface area contributed by atoms with Crippen molar-refractivity contribution in [2.75, 3.05) is 5.73 Å². The second-order valence-electron chi connectivity index (χ2n) is 4.44. The number of anilines is 1. The van der Waals surface area contributed by atoms with Crippen LogP contribution in [-0.2, 0) is 0 Å². The number of aromatic amines is 1. The lowest BCUT2D eigenvalue weighted by Crippen LogP contribution is -2.05. The van der Waals surface area contributed by atoms with Crippen LogP contribution >= 0.6 is 0 Å². The molecule has 2 aromatic heterocycles. The summed E-state index contributed by atoms with van der Waals surface area (Å²) >= 11 is 0. The van der Waals surface area contributed by atoms with Gasteiger partial charge in [0.2, 0.25) is 0 Å². The number of ether oxygens (including phenoxy) is 1. The minimum Gasteiger partial charge on any atom is -0.431 e. The molecule has 0 aliphatic heterocycles. The average Bonchev–Trinajstić information content (AvgIpc) is 3.10. The topological polar surface area (TPSA) is 76.8 Å². The summed E-state index contributed by atoms with van der Waals surface area (Å²) in [6, 6.07) is 1.43. The van der Waals surface area contributed by atoms with Crippen LogP contribution in [0.4, 0.5) is 14.6 Å². The van der Waals surface area contributed by atoms with Crippen molar-refractivity contribution in [3.63, 3.8) is 0 Å². The molecule has 7 heteroatoms. The van der Waals surface area contributed by atoms with E-state index in [2.05, 4.69) is 19.7 Å². The summed E-state index contributed by atoms with van der Waals surface area (Å²) in [4.78, 5) is 11.3. The molecule has 2 aromatic rings. The van der Waals surface area contributed by atoms with E-state index in [1.54, 1.807) is 6.20 Å². The molecule has 0 saturated heterocycles. The fraction of sp³-hybridized carbons (Fsp3) is 0.333. The molecular weight excluding hydrogens is 254 g/mol. The highest BCUT2D eigenvalue weighted by Crippen LogP contribution is 2.39. The average molecular weight is 266 g/mol. The Morgan fingerprint density at radius 3 is 2.79 bits per heavy atom. The van der Waals surface area contributed by atoms with E-state index in [9.17, 15) is 8.78 Å². The van der Waals surface area contributed by atoms with Crippen LogP contribution in [0, 0.1) is 0 Å². The fourth-order valence-corrected chi connectivity index (χ4v) is 1.84. The van der Waals surface area contributed by atoms with Gasteiger partial charge in [0.15, 0.2) is 11.6 Å². The van der Waals surface area contributed by atoms with Gasteiger partial charge in [0.05, 0.1) is 11.9 Å². The normalized spacial score (nSPS) is 14.9. The van der Waals surface area contributed by atoms with Gasteiger partial charge in [0.25, 0.3) is 0 Å². The van der Waals surface area contributed by atoms with Crippen LogP contribution in [0.15, 0.2) is 18.5 Å². The third-order valence-electron chi connectivity index (χ3n) is 2.97. The van der Waals surface area contributed by atoms with Crippen LogP contribution in [0.1, 0.15) is 24.6 Å². The minimum atomic E-state index is -2.93. The predicted molar refractivity (Wildman–Crippen MR) is 64.8 cm³/mol. The van der Waals surface area contributed by atoms with Crippen LogP contribution in [0.2, 0.25) is 0 Å². The molecular formula is C12H12F2N4O. The Morgan fingerprint density at radius 2 is 2.11 bits per heavy atom. The lowest BCUT2D eigenvalue weighted by molar-refractivity contribution is -0.0494. The van der Waals surface area contributed by atoms with E-state index in [0.717, 1.165) is 18.7 Å². The predicted octanol–water partition coefficient (Wildman–Crippen LogP) is 2.53. The largest absolute Gasteiger partial charge is 0.431 e. The Kier molecular flexibility index (Phi) is 2.81. The number of rotatable bonds is 4. The second kappa shape index (κ2) is 4.49. The molecule has 3 rings (SSSR count). The highest BCUT2D eigenvalue weighted by molar-refractivity contribution is 5.63. The van der Waals surface area contributed by atoms with Crippen LogP contribution in [0.25, 0.3) is 11.3 Å². The number of pyridine rings is 1. The Bertz CT molecular complexity index is 595. The lowest BCUT2D eigenvalue weighted by atomic mass is 10.2. The van der Waals surface area contributed by atoms with E-state index in [-0.39, 0.29) is 11.6 Å². The molecule has 5 nitrogen and oxygen atoms in total. The summed E-state index contributed by atoms with van der Waals surface area (Å²) in [5, 5.41) is 0. The summed E-state index contributed by atoms with van der Waals surface area (Å²) in [5.74, 6) is 1.22. The molecule has 0 aromatic carbocycles. The van der Waals surface area contributed by atoms with Crippen LogP contribution in [-0.4, -0.2) is 21.6 Å². The van der Waals surface area contributed by atoms with E-state index in [4.69, 9.17) is 5.73 Å². The molecule has 0 atom stereocenters. The van der Waals surface area contributed by atoms with E-state index in [1.807, 2.05) is 0 Å². The Morgan fingerprint density at radius 1 is 1.32 bits per heavy atom. The molecule has 0 bridgehead atoms. The second-order valence-corrected chi connectivity index (χ2v) is 4.44. The Labute approximate surface area is 107 Å². The first-order chi connectivity index (χ1) is 9.13. The van der Waals surface area contributed by atoms with E-state index < -0.39 is 6.61 Å². The van der Waals surface area contributed by atoms with Gasteiger partial charge in [0, 0.05) is 17.7 Å². The number of nitrogen functional groups attached to an aromatic ring is 1. The third kappa shape index (κ3) is 2.49. The monoisotopic (exact) mass is 266 g/mol. The van der Waals surface area contributed by atoms with E-state index in [1.165, 1.54) is 12.3 Å². The van der Waals surface area contributed by atoms with Gasteiger partial charge in [-0.2, -0.15) is 8.78 Å². The molecule has 1 aliphatic carbocycles. The molecule has 1 fully saturated rings. The molecule has 1 saturated carbocycles. The molecule has 0 spiro atoms. The minimum absolute atomic E-state index is 0.0639. The quantitative estimate of drug-likeness (QED) is 0.891. The van der Waals surface area contributed by atoms with Gasteiger partial charge in [-0.15, -0.1) is 0 Å². The standard InChI is InChI=1S/C12H12F2N4O/c13-12(14)19-9-3-7(4-16-10(9)15)8-5-17-11(18-8)6-1-2-6/h3-6,12H,1-2H2,(H2,15,16)(H,17,18). The molecule has 0 unspecified atom stereocenters. The highest BCUT2D eigenvalue weighted by atomic mass is 19.3. The van der Waals surface area contributed by atoms with Gasteiger partial charge < -0.3 is 15.5 Å². The van der Waals surface area contributed by atoms with Gasteiger partial charge in [-0.3, -0.25) is 0 Å². The molecule has 0 radical (unpaired) electrons. The zero-order chi connectivity index (χ0) is 13.4. The highest BCUT2D eigenvalue weighted by Gasteiger charge is 2.26. The van der Waals surface area contributed by atoms with Crippen molar-refractivity contribution in [3.05, 3.63) is 24.3 Å². The number of nitrogens with one attached hydrogen (secondary N) is 1. The van der Waals surface area contributed by atoms with Crippen LogP contribution < -0.4 is 10.5 Å². The number of aromatic nitrogens is 3. The number of alkyl halides is 2. The van der Waals surface area contributed by atoms with Gasteiger partial charge in [-0.1, -0.05) is 0 Å².